The zero-order valence-electron chi connectivity index (χ0n) is 26.9. The van der Waals surface area contributed by atoms with Gasteiger partial charge in [0.2, 0.25) is 5.91 Å². The van der Waals surface area contributed by atoms with Gasteiger partial charge in [-0.25, -0.2) is 0 Å². The van der Waals surface area contributed by atoms with Gasteiger partial charge in [-0.2, -0.15) is 0 Å². The molecule has 1 saturated carbocycles. The number of piperidine rings is 1. The largest absolute Gasteiger partial charge is 0.342 e. The minimum atomic E-state index is -0.447. The Kier molecular flexibility index (Phi) is 10.3. The van der Waals surface area contributed by atoms with Gasteiger partial charge in [0, 0.05) is 37.4 Å². The zero-order chi connectivity index (χ0) is 30.4. The first-order valence-electron chi connectivity index (χ1n) is 16.0. The number of aryl methyl sites for hydroxylation is 1. The Morgan fingerprint density at radius 3 is 2.43 bits per heavy atom. The molecule has 1 aliphatic heterocycles. The number of hydrogen-bond donors (Lipinski definition) is 1. The fraction of sp³-hybridized carbons (Fsp3) is 0.514. The van der Waals surface area contributed by atoms with E-state index in [2.05, 4.69) is 93.7 Å². The maximum absolute atomic E-state index is 13.6. The number of likely N-dealkylation sites (tertiary alicyclic amines) is 1. The highest BCUT2D eigenvalue weighted by Crippen LogP contribution is 2.49. The number of nitrogens with one attached hydrogen (secondary N) is 1. The van der Waals surface area contributed by atoms with Crippen molar-refractivity contribution in [3.8, 4) is 0 Å². The minimum absolute atomic E-state index is 0.235. The first kappa shape index (κ1) is 31.6. The first-order valence-corrected chi connectivity index (χ1v) is 16.0. The lowest BCUT2D eigenvalue weighted by molar-refractivity contribution is -0.135. The first-order chi connectivity index (χ1) is 20.2. The van der Waals surface area contributed by atoms with Gasteiger partial charge in [-0.3, -0.25) is 14.8 Å². The highest BCUT2D eigenvalue weighted by atomic mass is 16.2. The third kappa shape index (κ3) is 6.66. The smallest absolute Gasteiger partial charge is 0.234 e. The van der Waals surface area contributed by atoms with Crippen molar-refractivity contribution in [3.63, 3.8) is 0 Å². The quantitative estimate of drug-likeness (QED) is 0.218. The molecule has 1 saturated heterocycles. The van der Waals surface area contributed by atoms with Gasteiger partial charge >= 0.3 is 0 Å². The number of carbonyl (C=O) groups excluding carboxylic acids is 1. The molecule has 2 aromatic rings. The van der Waals surface area contributed by atoms with Crippen molar-refractivity contribution < 1.29 is 4.79 Å². The van der Waals surface area contributed by atoms with Gasteiger partial charge in [0.05, 0.1) is 11.1 Å². The van der Waals surface area contributed by atoms with Crippen LogP contribution in [0.4, 0.5) is 0 Å². The van der Waals surface area contributed by atoms with E-state index >= 15 is 0 Å². The maximum Gasteiger partial charge on any atom is 0.234 e. The molecule has 0 unspecified atom stereocenters. The van der Waals surface area contributed by atoms with Crippen molar-refractivity contribution in [1.82, 2.24) is 14.9 Å². The van der Waals surface area contributed by atoms with Crippen LogP contribution in [0.3, 0.4) is 0 Å². The second-order valence-electron chi connectivity index (χ2n) is 12.5. The van der Waals surface area contributed by atoms with Crippen LogP contribution in [0.2, 0.25) is 0 Å². The molecular formula is C37H50N4O. The standard InChI is InChI=1S/C37H50N4O/c1-8-11-31(28(9-2)22-27(7)33(38)10-3)35(25(4)5)32-23-30(13-12-26(32)6)29-14-20-41(21-15-29)36(42)37(16-17-37)34-24-39-18-19-40-34/h9,12-13,18-19,22-25,29,38H,8,10-11,14-17,20-21H2,1-7H3/b27-22-,28-9+,35-31+,38-33?. The third-order valence-corrected chi connectivity index (χ3v) is 9.28. The van der Waals surface area contributed by atoms with Crippen LogP contribution in [-0.4, -0.2) is 39.6 Å². The lowest BCUT2D eigenvalue weighted by Gasteiger charge is -2.35. The average Bonchev–Trinajstić information content (AvgIpc) is 3.82. The fourth-order valence-corrected chi connectivity index (χ4v) is 6.60. The molecule has 1 aromatic carbocycles. The molecular weight excluding hydrogens is 516 g/mol. The van der Waals surface area contributed by atoms with Crippen molar-refractivity contribution >= 4 is 17.2 Å². The molecule has 1 amide bonds. The Morgan fingerprint density at radius 2 is 1.88 bits per heavy atom. The SMILES string of the molecule is C/C=C(\C=C(\C)C(=N)CC)C(/CCC)=C(/c1cc(C2CCN(C(=O)C3(c4cnccn4)CC3)CC2)ccc1C)C(C)C. The molecule has 0 radical (unpaired) electrons. The van der Waals surface area contributed by atoms with Crippen LogP contribution in [0.25, 0.3) is 5.57 Å². The normalized spacial score (nSPS) is 18.2. The van der Waals surface area contributed by atoms with E-state index in [1.165, 1.54) is 33.4 Å². The molecule has 2 heterocycles. The van der Waals surface area contributed by atoms with Gasteiger partial charge in [-0.15, -0.1) is 0 Å². The Labute approximate surface area is 253 Å². The van der Waals surface area contributed by atoms with Crippen molar-refractivity contribution in [2.75, 3.05) is 13.1 Å². The summed E-state index contributed by atoms with van der Waals surface area (Å²) in [4.78, 5) is 24.4. The summed E-state index contributed by atoms with van der Waals surface area (Å²) in [6, 6.07) is 7.05. The Hall–Kier alpha value is -3.34. The van der Waals surface area contributed by atoms with Crippen LogP contribution in [0, 0.1) is 18.3 Å². The monoisotopic (exact) mass is 566 g/mol. The van der Waals surface area contributed by atoms with E-state index in [9.17, 15) is 4.79 Å². The number of carbonyl (C=O) groups is 1. The van der Waals surface area contributed by atoms with Crippen molar-refractivity contribution in [3.05, 3.63) is 88.0 Å². The lowest BCUT2D eigenvalue weighted by atomic mass is 9.80. The van der Waals surface area contributed by atoms with Gasteiger partial charge in [0.25, 0.3) is 0 Å². The summed E-state index contributed by atoms with van der Waals surface area (Å²) < 4.78 is 0. The lowest BCUT2D eigenvalue weighted by Crippen LogP contribution is -2.44. The van der Waals surface area contributed by atoms with E-state index in [1.54, 1.807) is 18.6 Å². The van der Waals surface area contributed by atoms with Crippen LogP contribution in [0.5, 0.6) is 0 Å². The molecule has 5 nitrogen and oxygen atoms in total. The van der Waals surface area contributed by atoms with E-state index in [0.29, 0.717) is 17.5 Å². The van der Waals surface area contributed by atoms with Gasteiger partial charge in [-0.05, 0) is 110 Å². The number of nitrogens with zero attached hydrogens (tertiary/aromatic N) is 3. The number of rotatable bonds is 11. The summed E-state index contributed by atoms with van der Waals surface area (Å²) in [5, 5.41) is 8.37. The maximum atomic E-state index is 13.6. The zero-order valence-corrected chi connectivity index (χ0v) is 26.9. The van der Waals surface area contributed by atoms with E-state index in [0.717, 1.165) is 69.3 Å². The van der Waals surface area contributed by atoms with Crippen LogP contribution in [0.1, 0.15) is 115 Å². The summed E-state index contributed by atoms with van der Waals surface area (Å²) in [7, 11) is 0. The Balaban J connectivity index is 1.61. The molecule has 42 heavy (non-hydrogen) atoms. The molecule has 0 bridgehead atoms. The summed E-state index contributed by atoms with van der Waals surface area (Å²) in [5.41, 5.74) is 10.2. The minimum Gasteiger partial charge on any atom is -0.342 e. The van der Waals surface area contributed by atoms with E-state index in [1.807, 2.05) is 0 Å². The molecule has 1 N–H and O–H groups in total. The fourth-order valence-electron chi connectivity index (χ4n) is 6.60. The molecule has 224 valence electrons. The summed E-state index contributed by atoms with van der Waals surface area (Å²) in [5.74, 6) is 1.04. The predicted octanol–water partition coefficient (Wildman–Crippen LogP) is 8.75. The predicted molar refractivity (Wildman–Crippen MR) is 175 cm³/mol. The van der Waals surface area contributed by atoms with Gasteiger partial charge in [-0.1, -0.05) is 64.5 Å². The van der Waals surface area contributed by atoms with Crippen molar-refractivity contribution in [2.45, 2.75) is 105 Å². The molecule has 0 atom stereocenters. The van der Waals surface area contributed by atoms with Crippen molar-refractivity contribution in [1.29, 1.82) is 5.41 Å². The Bertz CT molecular complexity index is 1370. The van der Waals surface area contributed by atoms with Gasteiger partial charge in [0.1, 0.15) is 0 Å². The average molecular weight is 567 g/mol. The van der Waals surface area contributed by atoms with Crippen LogP contribution in [0.15, 0.2) is 65.7 Å². The highest BCUT2D eigenvalue weighted by molar-refractivity contribution is 5.97. The second kappa shape index (κ2) is 13.8. The summed E-state index contributed by atoms with van der Waals surface area (Å²) in [6.45, 7) is 16.9. The van der Waals surface area contributed by atoms with E-state index in [-0.39, 0.29) is 5.91 Å². The van der Waals surface area contributed by atoms with Crippen molar-refractivity contribution in [2.24, 2.45) is 5.92 Å². The molecule has 0 spiro atoms. The second-order valence-corrected chi connectivity index (χ2v) is 12.5. The molecule has 2 fully saturated rings. The summed E-state index contributed by atoms with van der Waals surface area (Å²) >= 11 is 0. The highest BCUT2D eigenvalue weighted by Gasteiger charge is 2.54. The van der Waals surface area contributed by atoms with E-state index in [4.69, 9.17) is 5.41 Å². The number of aromatic nitrogens is 2. The topological polar surface area (TPSA) is 69.9 Å². The van der Waals surface area contributed by atoms with Crippen LogP contribution >= 0.6 is 0 Å². The third-order valence-electron chi connectivity index (χ3n) is 9.28. The number of benzene rings is 1. The number of hydrogen-bond acceptors (Lipinski definition) is 4. The molecule has 1 aliphatic carbocycles. The van der Waals surface area contributed by atoms with Gasteiger partial charge < -0.3 is 10.3 Å². The summed E-state index contributed by atoms with van der Waals surface area (Å²) in [6.07, 6.45) is 16.1. The molecule has 4 rings (SSSR count). The van der Waals surface area contributed by atoms with Crippen LogP contribution in [-0.2, 0) is 10.2 Å². The molecule has 1 aromatic heterocycles. The number of amides is 1. The van der Waals surface area contributed by atoms with E-state index < -0.39 is 5.41 Å². The number of allylic oxidation sites excluding steroid dienone is 6. The molecule has 5 heteroatoms. The van der Waals surface area contributed by atoms with Gasteiger partial charge in [0.15, 0.2) is 0 Å². The molecule has 2 aliphatic rings. The Morgan fingerprint density at radius 1 is 1.17 bits per heavy atom. The van der Waals surface area contributed by atoms with Crippen LogP contribution < -0.4 is 0 Å².